The van der Waals surface area contributed by atoms with Gasteiger partial charge in [-0.1, -0.05) is 45.4 Å². The fourth-order valence-electron chi connectivity index (χ4n) is 3.03. The molecule has 1 fully saturated rings. The predicted molar refractivity (Wildman–Crippen MR) is 79.2 cm³/mol. The summed E-state index contributed by atoms with van der Waals surface area (Å²) in [4.78, 5) is 0. The molecule has 0 nitrogen and oxygen atoms in total. The van der Waals surface area contributed by atoms with Crippen LogP contribution in [0.3, 0.4) is 0 Å². The highest BCUT2D eigenvalue weighted by Gasteiger charge is 2.25. The van der Waals surface area contributed by atoms with E-state index in [2.05, 4.69) is 6.92 Å². The summed E-state index contributed by atoms with van der Waals surface area (Å²) in [5.74, 6) is 2.52. The molecule has 102 valence electrons. The van der Waals surface area contributed by atoms with Crippen molar-refractivity contribution in [2.75, 3.05) is 5.88 Å². The number of unbranched alkanes of at least 4 members (excludes halogenated alkanes) is 2. The van der Waals surface area contributed by atoms with E-state index in [-0.39, 0.29) is 0 Å². The lowest BCUT2D eigenvalue weighted by molar-refractivity contribution is 0.249. The van der Waals surface area contributed by atoms with Crippen LogP contribution in [0.4, 0.5) is 0 Å². The van der Waals surface area contributed by atoms with Gasteiger partial charge in [-0.15, -0.1) is 23.2 Å². The lowest BCUT2D eigenvalue weighted by atomic mass is 9.78. The molecule has 0 aliphatic heterocycles. The van der Waals surface area contributed by atoms with E-state index in [1.165, 1.54) is 51.4 Å². The van der Waals surface area contributed by atoms with Crippen molar-refractivity contribution in [3.05, 3.63) is 0 Å². The number of alkyl halides is 2. The van der Waals surface area contributed by atoms with Gasteiger partial charge >= 0.3 is 0 Å². The first-order valence-electron chi connectivity index (χ1n) is 7.48. The van der Waals surface area contributed by atoms with Gasteiger partial charge in [-0.3, -0.25) is 0 Å². The van der Waals surface area contributed by atoms with Crippen LogP contribution in [0.1, 0.15) is 71.1 Å². The van der Waals surface area contributed by atoms with Crippen molar-refractivity contribution in [3.63, 3.8) is 0 Å². The maximum absolute atomic E-state index is 6.45. The third-order valence-electron chi connectivity index (χ3n) is 4.23. The monoisotopic (exact) mass is 278 g/mol. The van der Waals surface area contributed by atoms with Crippen LogP contribution in [-0.2, 0) is 0 Å². The minimum Gasteiger partial charge on any atom is -0.127 e. The van der Waals surface area contributed by atoms with Crippen molar-refractivity contribution in [1.29, 1.82) is 0 Å². The molecule has 2 heteroatoms. The van der Waals surface area contributed by atoms with Crippen molar-refractivity contribution in [1.82, 2.24) is 0 Å². The summed E-state index contributed by atoms with van der Waals surface area (Å²) >= 11 is 12.2. The second kappa shape index (κ2) is 9.50. The molecule has 1 aliphatic rings. The molecule has 0 spiro atoms. The minimum absolute atomic E-state index is 0.380. The zero-order valence-electron chi connectivity index (χ0n) is 11.3. The van der Waals surface area contributed by atoms with Crippen molar-refractivity contribution >= 4 is 23.2 Å². The molecule has 1 saturated carbocycles. The quantitative estimate of drug-likeness (QED) is 0.377. The summed E-state index contributed by atoms with van der Waals surface area (Å²) in [6.07, 6.45) is 13.4. The molecule has 0 aromatic carbocycles. The molecule has 0 N–H and O–H groups in total. The summed E-state index contributed by atoms with van der Waals surface area (Å²) in [6.45, 7) is 2.28. The second-order valence-electron chi connectivity index (χ2n) is 5.62. The number of hydrogen-bond acceptors (Lipinski definition) is 0. The topological polar surface area (TPSA) is 0 Å². The van der Waals surface area contributed by atoms with E-state index in [0.717, 1.165) is 30.6 Å². The fraction of sp³-hybridized carbons (Fsp3) is 1.00. The molecular formula is C15H28Cl2. The predicted octanol–water partition coefficient (Wildman–Crippen LogP) is 6.00. The van der Waals surface area contributed by atoms with Crippen molar-refractivity contribution in [2.45, 2.75) is 76.5 Å². The Morgan fingerprint density at radius 3 is 2.35 bits per heavy atom. The SMILES string of the molecule is CCCCCC1CCC(C(Cl)CCCCl)CC1. The second-order valence-corrected chi connectivity index (χ2v) is 6.56. The van der Waals surface area contributed by atoms with Gasteiger partial charge in [0.15, 0.2) is 0 Å². The Morgan fingerprint density at radius 2 is 1.76 bits per heavy atom. The molecule has 0 radical (unpaired) electrons. The van der Waals surface area contributed by atoms with Gasteiger partial charge in [-0.25, -0.2) is 0 Å². The molecular weight excluding hydrogens is 251 g/mol. The third kappa shape index (κ3) is 6.34. The maximum atomic E-state index is 6.45. The van der Waals surface area contributed by atoms with Crippen LogP contribution in [0, 0.1) is 11.8 Å². The van der Waals surface area contributed by atoms with Gasteiger partial charge in [0.25, 0.3) is 0 Å². The molecule has 1 unspecified atom stereocenters. The Morgan fingerprint density at radius 1 is 1.06 bits per heavy atom. The van der Waals surface area contributed by atoms with E-state index in [9.17, 15) is 0 Å². The van der Waals surface area contributed by atoms with Crippen LogP contribution in [0.5, 0.6) is 0 Å². The van der Waals surface area contributed by atoms with Gasteiger partial charge in [0.05, 0.1) is 0 Å². The van der Waals surface area contributed by atoms with E-state index in [1.54, 1.807) is 0 Å². The standard InChI is InChI=1S/C15H28Cl2/c1-2-3-4-6-13-8-10-14(11-9-13)15(17)7-5-12-16/h13-15H,2-12H2,1H3. The average molecular weight is 279 g/mol. The molecule has 0 saturated heterocycles. The van der Waals surface area contributed by atoms with E-state index in [4.69, 9.17) is 23.2 Å². The number of rotatable bonds is 8. The van der Waals surface area contributed by atoms with E-state index < -0.39 is 0 Å². The van der Waals surface area contributed by atoms with Gasteiger partial charge in [0.2, 0.25) is 0 Å². The van der Waals surface area contributed by atoms with Crippen LogP contribution in [0.15, 0.2) is 0 Å². The normalized spacial score (nSPS) is 27.0. The highest BCUT2D eigenvalue weighted by Crippen LogP contribution is 2.36. The molecule has 1 atom stereocenters. The zero-order valence-corrected chi connectivity index (χ0v) is 12.8. The lowest BCUT2D eigenvalue weighted by Gasteiger charge is -2.31. The first-order chi connectivity index (χ1) is 8.27. The fourth-order valence-corrected chi connectivity index (χ4v) is 3.59. The molecule has 1 aliphatic carbocycles. The highest BCUT2D eigenvalue weighted by molar-refractivity contribution is 6.21. The van der Waals surface area contributed by atoms with Crippen molar-refractivity contribution < 1.29 is 0 Å². The summed E-state index contributed by atoms with van der Waals surface area (Å²) in [5, 5.41) is 0.380. The molecule has 0 amide bonds. The van der Waals surface area contributed by atoms with Crippen LogP contribution in [-0.4, -0.2) is 11.3 Å². The van der Waals surface area contributed by atoms with E-state index in [1.807, 2.05) is 0 Å². The summed E-state index contributed by atoms with van der Waals surface area (Å²) in [7, 11) is 0. The van der Waals surface area contributed by atoms with Crippen molar-refractivity contribution in [2.24, 2.45) is 11.8 Å². The Labute approximate surface area is 117 Å². The van der Waals surface area contributed by atoms with Crippen LogP contribution in [0.2, 0.25) is 0 Å². The summed E-state index contributed by atoms with van der Waals surface area (Å²) in [6, 6.07) is 0. The Hall–Kier alpha value is 0.580. The molecule has 17 heavy (non-hydrogen) atoms. The summed E-state index contributed by atoms with van der Waals surface area (Å²) in [5.41, 5.74) is 0. The van der Waals surface area contributed by atoms with Gasteiger partial charge in [0.1, 0.15) is 0 Å². The van der Waals surface area contributed by atoms with Crippen molar-refractivity contribution in [3.8, 4) is 0 Å². The minimum atomic E-state index is 0.380. The van der Waals surface area contributed by atoms with Crippen LogP contribution < -0.4 is 0 Å². The van der Waals surface area contributed by atoms with Gasteiger partial charge in [0, 0.05) is 11.3 Å². The molecule has 1 rings (SSSR count). The summed E-state index contributed by atoms with van der Waals surface area (Å²) < 4.78 is 0. The number of halogens is 2. The largest absolute Gasteiger partial charge is 0.127 e. The van der Waals surface area contributed by atoms with Crippen LogP contribution >= 0.6 is 23.2 Å². The van der Waals surface area contributed by atoms with Gasteiger partial charge in [-0.05, 0) is 37.5 Å². The first-order valence-corrected chi connectivity index (χ1v) is 8.45. The average Bonchev–Trinajstić information content (AvgIpc) is 2.37. The maximum Gasteiger partial charge on any atom is 0.0364 e. The molecule has 0 aromatic heterocycles. The molecule has 0 aromatic rings. The Kier molecular flexibility index (Phi) is 8.74. The molecule has 0 bridgehead atoms. The Balaban J connectivity index is 2.12. The van der Waals surface area contributed by atoms with Gasteiger partial charge in [-0.2, -0.15) is 0 Å². The van der Waals surface area contributed by atoms with Gasteiger partial charge < -0.3 is 0 Å². The lowest BCUT2D eigenvalue weighted by Crippen LogP contribution is -2.22. The number of hydrogen-bond donors (Lipinski definition) is 0. The van der Waals surface area contributed by atoms with E-state index in [0.29, 0.717) is 5.38 Å². The van der Waals surface area contributed by atoms with E-state index >= 15 is 0 Å². The third-order valence-corrected chi connectivity index (χ3v) is 5.07. The van der Waals surface area contributed by atoms with Crippen LogP contribution in [0.25, 0.3) is 0 Å². The highest BCUT2D eigenvalue weighted by atomic mass is 35.5. The first kappa shape index (κ1) is 15.6. The molecule has 0 heterocycles. The smallest absolute Gasteiger partial charge is 0.0364 e. The Bertz CT molecular complexity index is 174. The zero-order chi connectivity index (χ0) is 12.5.